The van der Waals surface area contributed by atoms with E-state index in [0.717, 1.165) is 52.2 Å². The number of carbonyl (C=O) groups is 1. The van der Waals surface area contributed by atoms with Crippen LogP contribution in [-0.2, 0) is 4.79 Å². The van der Waals surface area contributed by atoms with Gasteiger partial charge in [0.05, 0.1) is 0 Å². The smallest absolute Gasteiger partial charge is 0.221 e. The zero-order valence-electron chi connectivity index (χ0n) is 12.7. The van der Waals surface area contributed by atoms with Crippen molar-refractivity contribution in [2.75, 3.05) is 52.9 Å². The van der Waals surface area contributed by atoms with E-state index in [1.807, 2.05) is 6.92 Å². The highest BCUT2D eigenvalue weighted by Crippen LogP contribution is 1.99. The maximum absolute atomic E-state index is 11.7. The fourth-order valence-electron chi connectivity index (χ4n) is 2.37. The van der Waals surface area contributed by atoms with E-state index >= 15 is 0 Å². The van der Waals surface area contributed by atoms with Crippen molar-refractivity contribution in [1.29, 1.82) is 0 Å². The van der Waals surface area contributed by atoms with E-state index in [0.29, 0.717) is 6.42 Å². The molecule has 1 amide bonds. The van der Waals surface area contributed by atoms with Gasteiger partial charge in [0.25, 0.3) is 0 Å². The van der Waals surface area contributed by atoms with Crippen LogP contribution in [0.5, 0.6) is 0 Å². The number of hydrogen-bond acceptors (Lipinski definition) is 4. The Bertz CT molecular complexity index is 252. The highest BCUT2D eigenvalue weighted by atomic mass is 16.1. The number of hydrogen-bond donors (Lipinski definition) is 2. The van der Waals surface area contributed by atoms with E-state index in [1.54, 1.807) is 0 Å². The van der Waals surface area contributed by atoms with Gasteiger partial charge in [-0.1, -0.05) is 6.92 Å². The topological polar surface area (TPSA) is 47.6 Å². The van der Waals surface area contributed by atoms with E-state index in [2.05, 4.69) is 34.4 Å². The lowest BCUT2D eigenvalue weighted by molar-refractivity contribution is -0.121. The van der Waals surface area contributed by atoms with Crippen LogP contribution in [0.3, 0.4) is 0 Å². The first kappa shape index (κ1) is 16.4. The van der Waals surface area contributed by atoms with Crippen LogP contribution in [-0.4, -0.2) is 74.6 Å². The van der Waals surface area contributed by atoms with Gasteiger partial charge in [-0.05, 0) is 33.5 Å². The summed E-state index contributed by atoms with van der Waals surface area (Å²) in [7, 11) is 2.17. The Morgan fingerprint density at radius 1 is 1.26 bits per heavy atom. The van der Waals surface area contributed by atoms with Crippen molar-refractivity contribution in [2.24, 2.45) is 0 Å². The summed E-state index contributed by atoms with van der Waals surface area (Å²) in [6, 6.07) is 0.266. The molecular formula is C14H30N4O. The summed E-state index contributed by atoms with van der Waals surface area (Å²) in [5, 5.41) is 6.25. The Morgan fingerprint density at radius 2 is 1.95 bits per heavy atom. The molecular weight excluding hydrogens is 240 g/mol. The van der Waals surface area contributed by atoms with Crippen molar-refractivity contribution in [1.82, 2.24) is 20.4 Å². The largest absolute Gasteiger partial charge is 0.356 e. The molecule has 5 heteroatoms. The van der Waals surface area contributed by atoms with Gasteiger partial charge in [0.2, 0.25) is 5.91 Å². The molecule has 1 aliphatic heterocycles. The van der Waals surface area contributed by atoms with Crippen molar-refractivity contribution in [2.45, 2.75) is 32.7 Å². The van der Waals surface area contributed by atoms with Gasteiger partial charge in [-0.2, -0.15) is 0 Å². The first-order valence-corrected chi connectivity index (χ1v) is 7.52. The molecule has 1 fully saturated rings. The van der Waals surface area contributed by atoms with Crippen LogP contribution in [0, 0.1) is 0 Å². The average molecular weight is 270 g/mol. The first-order chi connectivity index (χ1) is 9.11. The molecule has 112 valence electrons. The quantitative estimate of drug-likeness (QED) is 0.616. The van der Waals surface area contributed by atoms with Gasteiger partial charge in [-0.3, -0.25) is 4.79 Å². The van der Waals surface area contributed by atoms with Gasteiger partial charge in [0.15, 0.2) is 0 Å². The molecule has 1 heterocycles. The van der Waals surface area contributed by atoms with Crippen molar-refractivity contribution in [3.8, 4) is 0 Å². The average Bonchev–Trinajstić information content (AvgIpc) is 2.37. The SMILES string of the molecule is CCNC(C)CC(=O)NCCCN1CCN(C)CC1. The number of likely N-dealkylation sites (N-methyl/N-ethyl adjacent to an activating group) is 1. The highest BCUT2D eigenvalue weighted by molar-refractivity contribution is 5.76. The predicted molar refractivity (Wildman–Crippen MR) is 79.3 cm³/mol. The number of carbonyl (C=O) groups excluding carboxylic acids is 1. The molecule has 1 rings (SSSR count). The van der Waals surface area contributed by atoms with Gasteiger partial charge in [0, 0.05) is 45.2 Å². The van der Waals surface area contributed by atoms with Crippen LogP contribution in [0.4, 0.5) is 0 Å². The minimum Gasteiger partial charge on any atom is -0.356 e. The summed E-state index contributed by atoms with van der Waals surface area (Å²) in [5.74, 6) is 0.159. The van der Waals surface area contributed by atoms with Gasteiger partial charge in [0.1, 0.15) is 0 Å². The molecule has 0 saturated carbocycles. The minimum absolute atomic E-state index is 0.159. The molecule has 0 aromatic carbocycles. The minimum atomic E-state index is 0.159. The lowest BCUT2D eigenvalue weighted by Gasteiger charge is -2.32. The molecule has 5 nitrogen and oxygen atoms in total. The zero-order chi connectivity index (χ0) is 14.1. The Balaban J connectivity index is 1.99. The third-order valence-electron chi connectivity index (χ3n) is 3.61. The van der Waals surface area contributed by atoms with E-state index in [-0.39, 0.29) is 11.9 Å². The van der Waals surface area contributed by atoms with Crippen molar-refractivity contribution in [3.63, 3.8) is 0 Å². The second kappa shape index (κ2) is 9.28. The van der Waals surface area contributed by atoms with Crippen molar-refractivity contribution < 1.29 is 4.79 Å². The summed E-state index contributed by atoms with van der Waals surface area (Å²) in [6.07, 6.45) is 1.62. The molecule has 1 atom stereocenters. The summed E-state index contributed by atoms with van der Waals surface area (Å²) < 4.78 is 0. The van der Waals surface area contributed by atoms with Crippen LogP contribution in [0.1, 0.15) is 26.7 Å². The lowest BCUT2D eigenvalue weighted by atomic mass is 10.2. The van der Waals surface area contributed by atoms with Crippen LogP contribution in [0.2, 0.25) is 0 Å². The van der Waals surface area contributed by atoms with Gasteiger partial charge in [-0.15, -0.1) is 0 Å². The van der Waals surface area contributed by atoms with Crippen LogP contribution in [0.25, 0.3) is 0 Å². The van der Waals surface area contributed by atoms with Crippen LogP contribution >= 0.6 is 0 Å². The first-order valence-electron chi connectivity index (χ1n) is 7.52. The number of nitrogens with one attached hydrogen (secondary N) is 2. The molecule has 0 bridgehead atoms. The van der Waals surface area contributed by atoms with Gasteiger partial charge >= 0.3 is 0 Å². The molecule has 1 unspecified atom stereocenters. The normalized spacial score (nSPS) is 19.3. The maximum Gasteiger partial charge on any atom is 0.221 e. The summed E-state index contributed by atoms with van der Waals surface area (Å²) in [5.41, 5.74) is 0. The van der Waals surface area contributed by atoms with E-state index in [1.165, 1.54) is 0 Å². The Kier molecular flexibility index (Phi) is 8.02. The van der Waals surface area contributed by atoms with Gasteiger partial charge in [-0.25, -0.2) is 0 Å². The maximum atomic E-state index is 11.7. The summed E-state index contributed by atoms with van der Waals surface area (Å²) >= 11 is 0. The number of piperazine rings is 1. The third kappa shape index (κ3) is 7.50. The predicted octanol–water partition coefficient (Wildman–Crippen LogP) is 0.128. The second-order valence-corrected chi connectivity index (χ2v) is 5.51. The van der Waals surface area contributed by atoms with Crippen molar-refractivity contribution >= 4 is 5.91 Å². The Hall–Kier alpha value is -0.650. The number of rotatable bonds is 8. The highest BCUT2D eigenvalue weighted by Gasteiger charge is 2.13. The van der Waals surface area contributed by atoms with Crippen LogP contribution < -0.4 is 10.6 Å². The molecule has 0 radical (unpaired) electrons. The molecule has 19 heavy (non-hydrogen) atoms. The summed E-state index contributed by atoms with van der Waals surface area (Å²) in [4.78, 5) is 16.5. The zero-order valence-corrected chi connectivity index (χ0v) is 12.7. The lowest BCUT2D eigenvalue weighted by Crippen LogP contribution is -2.45. The van der Waals surface area contributed by atoms with E-state index in [9.17, 15) is 4.79 Å². The number of nitrogens with zero attached hydrogens (tertiary/aromatic N) is 2. The molecule has 0 aromatic heterocycles. The summed E-state index contributed by atoms with van der Waals surface area (Å²) in [6.45, 7) is 11.5. The monoisotopic (exact) mass is 270 g/mol. The third-order valence-corrected chi connectivity index (χ3v) is 3.61. The van der Waals surface area contributed by atoms with Gasteiger partial charge < -0.3 is 20.4 Å². The Morgan fingerprint density at radius 3 is 2.58 bits per heavy atom. The van der Waals surface area contributed by atoms with E-state index < -0.39 is 0 Å². The van der Waals surface area contributed by atoms with Crippen LogP contribution in [0.15, 0.2) is 0 Å². The Labute approximate surface area is 117 Å². The second-order valence-electron chi connectivity index (χ2n) is 5.51. The molecule has 0 spiro atoms. The fraction of sp³-hybridized carbons (Fsp3) is 0.929. The molecule has 0 aromatic rings. The molecule has 0 aliphatic carbocycles. The standard InChI is InChI=1S/C14H30N4O/c1-4-15-13(2)12-14(19)16-6-5-7-18-10-8-17(3)9-11-18/h13,15H,4-12H2,1-3H3,(H,16,19). The van der Waals surface area contributed by atoms with Crippen molar-refractivity contribution in [3.05, 3.63) is 0 Å². The molecule has 2 N–H and O–H groups in total. The van der Waals surface area contributed by atoms with E-state index in [4.69, 9.17) is 0 Å². The molecule has 1 aliphatic rings. The number of amides is 1. The fourth-order valence-corrected chi connectivity index (χ4v) is 2.37. The molecule has 1 saturated heterocycles.